The van der Waals surface area contributed by atoms with E-state index >= 15 is 0 Å². The molecule has 8 heteroatoms. The monoisotopic (exact) mass is 480 g/mol. The molecule has 33 heavy (non-hydrogen) atoms. The summed E-state index contributed by atoms with van der Waals surface area (Å²) in [6.45, 7) is 8.95. The number of rotatable bonds is 4. The number of aryl methyl sites for hydroxylation is 3. The third-order valence-corrected chi connectivity index (χ3v) is 7.69. The molecule has 0 radical (unpaired) electrons. The van der Waals surface area contributed by atoms with Gasteiger partial charge in [-0.25, -0.2) is 4.98 Å². The van der Waals surface area contributed by atoms with Crippen LogP contribution in [0.5, 0.6) is 0 Å². The molecule has 0 aliphatic carbocycles. The Labute approximate surface area is 201 Å². The number of anilines is 1. The van der Waals surface area contributed by atoms with Crippen molar-refractivity contribution in [2.24, 2.45) is 0 Å². The van der Waals surface area contributed by atoms with Crippen LogP contribution < -0.4 is 4.90 Å². The van der Waals surface area contributed by atoms with Crippen molar-refractivity contribution in [3.05, 3.63) is 63.6 Å². The number of hydrogen-bond acceptors (Lipinski definition) is 6. The molecule has 1 amide bonds. The molecule has 1 aliphatic rings. The molecule has 4 heterocycles. The van der Waals surface area contributed by atoms with Crippen LogP contribution in [0.15, 0.2) is 41.0 Å². The highest BCUT2D eigenvalue weighted by Gasteiger charge is 2.28. The van der Waals surface area contributed by atoms with Crippen molar-refractivity contribution in [1.82, 2.24) is 14.9 Å². The number of fused-ring (bicyclic) bond motifs is 1. The molecular weight excluding hydrogens is 456 g/mol. The summed E-state index contributed by atoms with van der Waals surface area (Å²) in [6.07, 6.45) is 2.44. The lowest BCUT2D eigenvalue weighted by Gasteiger charge is -2.35. The molecule has 1 fully saturated rings. The summed E-state index contributed by atoms with van der Waals surface area (Å²) in [7, 11) is 0. The Morgan fingerprint density at radius 3 is 2.58 bits per heavy atom. The Morgan fingerprint density at radius 2 is 1.91 bits per heavy atom. The van der Waals surface area contributed by atoms with Crippen LogP contribution in [-0.4, -0.2) is 47.0 Å². The van der Waals surface area contributed by atoms with Crippen LogP contribution in [-0.2, 0) is 6.42 Å². The Morgan fingerprint density at radius 1 is 1.12 bits per heavy atom. The summed E-state index contributed by atoms with van der Waals surface area (Å²) < 4.78 is 5.29. The number of furan rings is 1. The number of thiophene rings is 1. The van der Waals surface area contributed by atoms with Crippen molar-refractivity contribution >= 4 is 44.9 Å². The van der Waals surface area contributed by atoms with Crippen molar-refractivity contribution in [3.8, 4) is 11.1 Å². The standard InChI is InChI=1S/C25H25ClN4O2S/c1-4-19-20(17-8-7-15(2)16(3)14-17)21-22(27-25(26)28-23(21)33-19)29-9-11-30(12-10-29)24(31)18-6-5-13-32-18/h5-8,13-14H,4,9-12H2,1-3H3. The molecule has 3 aromatic heterocycles. The van der Waals surface area contributed by atoms with Gasteiger partial charge in [0.05, 0.1) is 11.6 Å². The molecule has 4 aromatic rings. The number of hydrogen-bond donors (Lipinski definition) is 0. The average Bonchev–Trinajstić information content (AvgIpc) is 3.48. The minimum Gasteiger partial charge on any atom is -0.459 e. The Kier molecular flexibility index (Phi) is 5.85. The van der Waals surface area contributed by atoms with Crippen molar-refractivity contribution in [1.29, 1.82) is 0 Å². The molecule has 0 atom stereocenters. The van der Waals surface area contributed by atoms with E-state index in [0.717, 1.165) is 22.5 Å². The number of carbonyl (C=O) groups excluding carboxylic acids is 1. The first-order valence-electron chi connectivity index (χ1n) is 11.1. The number of piperazine rings is 1. The predicted octanol–water partition coefficient (Wildman–Crippen LogP) is 5.75. The number of carbonyl (C=O) groups is 1. The highest BCUT2D eigenvalue weighted by atomic mass is 35.5. The maximum absolute atomic E-state index is 12.7. The minimum absolute atomic E-state index is 0.0786. The van der Waals surface area contributed by atoms with Crippen LogP contribution >= 0.6 is 22.9 Å². The molecule has 6 nitrogen and oxygen atoms in total. The maximum Gasteiger partial charge on any atom is 0.289 e. The van der Waals surface area contributed by atoms with Gasteiger partial charge in [0.15, 0.2) is 5.76 Å². The number of benzene rings is 1. The molecule has 0 saturated carbocycles. The molecule has 0 bridgehead atoms. The molecule has 0 unspecified atom stereocenters. The second-order valence-electron chi connectivity index (χ2n) is 8.31. The number of amides is 1. The lowest BCUT2D eigenvalue weighted by Crippen LogP contribution is -2.49. The van der Waals surface area contributed by atoms with E-state index in [1.165, 1.54) is 33.4 Å². The van der Waals surface area contributed by atoms with E-state index in [-0.39, 0.29) is 11.2 Å². The van der Waals surface area contributed by atoms with Crippen molar-refractivity contribution in [2.75, 3.05) is 31.1 Å². The molecule has 0 N–H and O–H groups in total. The number of halogens is 1. The fourth-order valence-electron chi connectivity index (χ4n) is 4.36. The van der Waals surface area contributed by atoms with Crippen LogP contribution in [0.1, 0.15) is 33.5 Å². The first-order chi connectivity index (χ1) is 16.0. The van der Waals surface area contributed by atoms with E-state index in [1.54, 1.807) is 23.5 Å². The summed E-state index contributed by atoms with van der Waals surface area (Å²) in [4.78, 5) is 28.2. The first-order valence-corrected chi connectivity index (χ1v) is 12.3. The van der Waals surface area contributed by atoms with Crippen LogP contribution in [0.4, 0.5) is 5.82 Å². The summed E-state index contributed by atoms with van der Waals surface area (Å²) in [5.41, 5.74) is 4.91. The lowest BCUT2D eigenvalue weighted by atomic mass is 9.98. The zero-order chi connectivity index (χ0) is 23.1. The van der Waals surface area contributed by atoms with E-state index in [2.05, 4.69) is 53.8 Å². The molecule has 0 spiro atoms. The normalized spacial score (nSPS) is 14.3. The van der Waals surface area contributed by atoms with Gasteiger partial charge in [-0.3, -0.25) is 4.79 Å². The van der Waals surface area contributed by atoms with Crippen LogP contribution in [0.2, 0.25) is 5.28 Å². The quantitative estimate of drug-likeness (QED) is 0.348. The van der Waals surface area contributed by atoms with Gasteiger partial charge in [-0.15, -0.1) is 11.3 Å². The third kappa shape index (κ3) is 4.00. The summed E-state index contributed by atoms with van der Waals surface area (Å²) >= 11 is 8.05. The highest BCUT2D eigenvalue weighted by Crippen LogP contribution is 2.43. The lowest BCUT2D eigenvalue weighted by molar-refractivity contribution is 0.0714. The van der Waals surface area contributed by atoms with E-state index in [9.17, 15) is 4.79 Å². The van der Waals surface area contributed by atoms with E-state index < -0.39 is 0 Å². The van der Waals surface area contributed by atoms with Crippen LogP contribution in [0.3, 0.4) is 0 Å². The molecule has 5 rings (SSSR count). The topological polar surface area (TPSA) is 62.5 Å². The Balaban J connectivity index is 1.54. The summed E-state index contributed by atoms with van der Waals surface area (Å²) in [6, 6.07) is 10.0. The van der Waals surface area contributed by atoms with Gasteiger partial charge < -0.3 is 14.2 Å². The highest BCUT2D eigenvalue weighted by molar-refractivity contribution is 7.19. The largest absolute Gasteiger partial charge is 0.459 e. The Bertz CT molecular complexity index is 1320. The molecule has 1 saturated heterocycles. The second-order valence-corrected chi connectivity index (χ2v) is 9.73. The Hall–Kier alpha value is -2.90. The zero-order valence-corrected chi connectivity index (χ0v) is 20.5. The van der Waals surface area contributed by atoms with Gasteiger partial charge in [0.2, 0.25) is 5.28 Å². The van der Waals surface area contributed by atoms with E-state index in [4.69, 9.17) is 16.0 Å². The fraction of sp³-hybridized carbons (Fsp3) is 0.320. The van der Waals surface area contributed by atoms with Gasteiger partial charge >= 0.3 is 0 Å². The van der Waals surface area contributed by atoms with Crippen molar-refractivity contribution in [2.45, 2.75) is 27.2 Å². The van der Waals surface area contributed by atoms with Gasteiger partial charge in [-0.05, 0) is 60.7 Å². The SMILES string of the molecule is CCc1sc2nc(Cl)nc(N3CCN(C(=O)c4ccco4)CC3)c2c1-c1ccc(C)c(C)c1. The summed E-state index contributed by atoms with van der Waals surface area (Å²) in [5, 5.41) is 1.30. The fourth-order valence-corrected chi connectivity index (χ4v) is 5.70. The van der Waals surface area contributed by atoms with E-state index in [1.807, 2.05) is 4.90 Å². The minimum atomic E-state index is -0.0786. The van der Waals surface area contributed by atoms with Gasteiger partial charge in [0.1, 0.15) is 10.6 Å². The van der Waals surface area contributed by atoms with Gasteiger partial charge in [-0.1, -0.05) is 25.1 Å². The molecular formula is C25H25ClN4O2S. The first kappa shape index (κ1) is 21.9. The van der Waals surface area contributed by atoms with Crippen molar-refractivity contribution < 1.29 is 9.21 Å². The zero-order valence-electron chi connectivity index (χ0n) is 18.9. The molecule has 1 aliphatic heterocycles. The van der Waals surface area contributed by atoms with E-state index in [0.29, 0.717) is 31.9 Å². The summed E-state index contributed by atoms with van der Waals surface area (Å²) in [5.74, 6) is 1.14. The van der Waals surface area contributed by atoms with Gasteiger partial charge in [0.25, 0.3) is 5.91 Å². The number of nitrogens with zero attached hydrogens (tertiary/aromatic N) is 4. The average molecular weight is 481 g/mol. The molecule has 1 aromatic carbocycles. The van der Waals surface area contributed by atoms with Gasteiger partial charge in [0, 0.05) is 36.6 Å². The van der Waals surface area contributed by atoms with Crippen LogP contribution in [0, 0.1) is 13.8 Å². The predicted molar refractivity (Wildman–Crippen MR) is 134 cm³/mol. The maximum atomic E-state index is 12.7. The third-order valence-electron chi connectivity index (χ3n) is 6.29. The number of aromatic nitrogens is 2. The van der Waals surface area contributed by atoms with Gasteiger partial charge in [-0.2, -0.15) is 4.98 Å². The smallest absolute Gasteiger partial charge is 0.289 e. The molecule has 170 valence electrons. The van der Waals surface area contributed by atoms with Crippen molar-refractivity contribution in [3.63, 3.8) is 0 Å². The second kappa shape index (κ2) is 8.80. The van der Waals surface area contributed by atoms with Crippen LogP contribution in [0.25, 0.3) is 21.3 Å².